The molecular weight excluding hydrogens is 503 g/mol. The van der Waals surface area contributed by atoms with Gasteiger partial charge >= 0.3 is 0 Å². The molecule has 0 fully saturated rings. The normalized spacial score (nSPS) is 12.2. The number of guanidine groups is 1. The van der Waals surface area contributed by atoms with E-state index in [9.17, 15) is 8.42 Å². The number of hydrogen-bond acceptors (Lipinski definition) is 4. The number of rotatable bonds is 12. The first-order valence-corrected chi connectivity index (χ1v) is 11.4. The van der Waals surface area contributed by atoms with E-state index in [-0.39, 0.29) is 30.0 Å². The summed E-state index contributed by atoms with van der Waals surface area (Å²) in [6.07, 6.45) is 3.17. The second-order valence-corrected chi connectivity index (χ2v) is 8.93. The number of hydrogen-bond donors (Lipinski definition) is 2. The van der Waals surface area contributed by atoms with Gasteiger partial charge in [-0.05, 0) is 44.4 Å². The fourth-order valence-corrected chi connectivity index (χ4v) is 3.73. The van der Waals surface area contributed by atoms with Gasteiger partial charge in [-0.25, -0.2) is 8.42 Å². The molecule has 7 nitrogen and oxygen atoms in total. The molecule has 0 spiro atoms. The Morgan fingerprint density at radius 1 is 1.14 bits per heavy atom. The first kappa shape index (κ1) is 28.1. The highest BCUT2D eigenvalue weighted by atomic mass is 127. The van der Waals surface area contributed by atoms with Gasteiger partial charge in [-0.1, -0.05) is 25.5 Å². The lowest BCUT2D eigenvalue weighted by atomic mass is 10.2. The van der Waals surface area contributed by atoms with E-state index in [1.165, 1.54) is 4.31 Å². The Hall–Kier alpha value is -0.910. The van der Waals surface area contributed by atoms with Crippen LogP contribution in [0.1, 0.15) is 45.6 Å². The molecule has 0 amide bonds. The van der Waals surface area contributed by atoms with E-state index in [2.05, 4.69) is 22.5 Å². The predicted octanol–water partition coefficient (Wildman–Crippen LogP) is 3.21. The fourth-order valence-electron chi connectivity index (χ4n) is 2.36. The smallest absolute Gasteiger partial charge is 0.243 e. The lowest BCUT2D eigenvalue weighted by Gasteiger charge is -2.21. The minimum Gasteiger partial charge on any atom is -0.381 e. The zero-order valence-corrected chi connectivity index (χ0v) is 21.4. The molecule has 1 rings (SSSR count). The van der Waals surface area contributed by atoms with Crippen LogP contribution in [0.5, 0.6) is 0 Å². The van der Waals surface area contributed by atoms with Gasteiger partial charge in [-0.2, -0.15) is 4.31 Å². The fraction of sp³-hybridized carbons (Fsp3) is 0.650. The highest BCUT2D eigenvalue weighted by Crippen LogP contribution is 2.17. The lowest BCUT2D eigenvalue weighted by molar-refractivity contribution is 0.129. The number of nitrogens with zero attached hydrogens (tertiary/aromatic N) is 2. The van der Waals surface area contributed by atoms with E-state index < -0.39 is 10.0 Å². The summed E-state index contributed by atoms with van der Waals surface area (Å²) in [6, 6.07) is 6.86. The summed E-state index contributed by atoms with van der Waals surface area (Å²) in [5.41, 5.74) is 0.983. The Kier molecular flexibility index (Phi) is 14.5. The number of ether oxygens (including phenoxy) is 1. The number of nitrogens with one attached hydrogen (secondary N) is 2. The van der Waals surface area contributed by atoms with Crippen molar-refractivity contribution in [1.29, 1.82) is 0 Å². The van der Waals surface area contributed by atoms with Crippen LogP contribution in [-0.4, -0.2) is 58.6 Å². The summed E-state index contributed by atoms with van der Waals surface area (Å²) in [7, 11) is -0.126. The average Bonchev–Trinajstić information content (AvgIpc) is 2.69. The van der Waals surface area contributed by atoms with Gasteiger partial charge in [0.1, 0.15) is 0 Å². The van der Waals surface area contributed by atoms with Crippen molar-refractivity contribution in [3.8, 4) is 0 Å². The molecule has 0 radical (unpaired) electrons. The van der Waals surface area contributed by atoms with E-state index in [1.54, 1.807) is 26.2 Å². The van der Waals surface area contributed by atoms with Crippen molar-refractivity contribution in [3.63, 3.8) is 0 Å². The third-order valence-electron chi connectivity index (χ3n) is 4.41. The molecule has 0 aromatic heterocycles. The molecule has 168 valence electrons. The molecule has 1 aromatic rings. The molecule has 0 heterocycles. The molecule has 0 aliphatic rings. The van der Waals surface area contributed by atoms with E-state index in [1.807, 2.05) is 26.0 Å². The average molecular weight is 541 g/mol. The first-order valence-electron chi connectivity index (χ1n) is 9.92. The van der Waals surface area contributed by atoms with Crippen molar-refractivity contribution in [2.75, 3.05) is 33.9 Å². The zero-order chi connectivity index (χ0) is 21.0. The zero-order valence-electron chi connectivity index (χ0n) is 18.3. The van der Waals surface area contributed by atoms with Crippen molar-refractivity contribution < 1.29 is 13.2 Å². The molecule has 0 bridgehead atoms. The molecule has 9 heteroatoms. The van der Waals surface area contributed by atoms with Crippen LogP contribution in [-0.2, 0) is 21.3 Å². The van der Waals surface area contributed by atoms with Crippen molar-refractivity contribution in [1.82, 2.24) is 14.9 Å². The summed E-state index contributed by atoms with van der Waals surface area (Å²) >= 11 is 0. The monoisotopic (exact) mass is 540 g/mol. The highest BCUT2D eigenvalue weighted by molar-refractivity contribution is 14.0. The molecule has 0 aliphatic heterocycles. The van der Waals surface area contributed by atoms with Gasteiger partial charge in [-0.3, -0.25) is 4.99 Å². The van der Waals surface area contributed by atoms with Crippen LogP contribution in [0.25, 0.3) is 0 Å². The van der Waals surface area contributed by atoms with Gasteiger partial charge in [0.15, 0.2) is 5.96 Å². The third kappa shape index (κ3) is 10.1. The Balaban J connectivity index is 0.00000784. The second kappa shape index (κ2) is 15.0. The molecule has 1 aromatic carbocycles. The summed E-state index contributed by atoms with van der Waals surface area (Å²) in [4.78, 5) is 4.50. The van der Waals surface area contributed by atoms with Crippen molar-refractivity contribution >= 4 is 40.0 Å². The van der Waals surface area contributed by atoms with Crippen LogP contribution in [0.3, 0.4) is 0 Å². The maximum atomic E-state index is 12.5. The Bertz CT molecular complexity index is 694. The number of unbranched alkanes of at least 4 members (excludes halogenated alkanes) is 1. The summed E-state index contributed by atoms with van der Waals surface area (Å²) < 4.78 is 31.9. The summed E-state index contributed by atoms with van der Waals surface area (Å²) in [6.45, 7) is 8.76. The van der Waals surface area contributed by atoms with E-state index >= 15 is 0 Å². The SMILES string of the molecule is CCCCOCCCNC(=NC)NCc1ccc(S(=O)(=O)N(C)C(C)C)cc1.I. The van der Waals surface area contributed by atoms with Crippen LogP contribution in [0.2, 0.25) is 0 Å². The molecule has 0 aliphatic carbocycles. The first-order chi connectivity index (χ1) is 13.3. The van der Waals surface area contributed by atoms with Gasteiger partial charge in [0, 0.05) is 46.4 Å². The van der Waals surface area contributed by atoms with Gasteiger partial charge in [0.25, 0.3) is 0 Å². The topological polar surface area (TPSA) is 83.0 Å². The molecule has 0 unspecified atom stereocenters. The Morgan fingerprint density at radius 2 is 1.76 bits per heavy atom. The van der Waals surface area contributed by atoms with Crippen LogP contribution in [0.4, 0.5) is 0 Å². The summed E-state index contributed by atoms with van der Waals surface area (Å²) in [5.74, 6) is 0.713. The molecule has 29 heavy (non-hydrogen) atoms. The van der Waals surface area contributed by atoms with Crippen LogP contribution in [0, 0.1) is 0 Å². The third-order valence-corrected chi connectivity index (χ3v) is 6.46. The van der Waals surface area contributed by atoms with Crippen molar-refractivity contribution in [3.05, 3.63) is 29.8 Å². The Labute approximate surface area is 193 Å². The highest BCUT2D eigenvalue weighted by Gasteiger charge is 2.22. The van der Waals surface area contributed by atoms with E-state index in [0.717, 1.165) is 44.6 Å². The van der Waals surface area contributed by atoms with Crippen LogP contribution >= 0.6 is 24.0 Å². The van der Waals surface area contributed by atoms with Crippen molar-refractivity contribution in [2.45, 2.75) is 57.5 Å². The Morgan fingerprint density at radius 3 is 2.31 bits per heavy atom. The molecule has 0 atom stereocenters. The lowest BCUT2D eigenvalue weighted by Crippen LogP contribution is -2.37. The van der Waals surface area contributed by atoms with Crippen LogP contribution < -0.4 is 10.6 Å². The van der Waals surface area contributed by atoms with Gasteiger partial charge < -0.3 is 15.4 Å². The number of sulfonamides is 1. The van der Waals surface area contributed by atoms with Crippen LogP contribution in [0.15, 0.2) is 34.2 Å². The van der Waals surface area contributed by atoms with E-state index in [0.29, 0.717) is 17.4 Å². The minimum absolute atomic E-state index is 0. The second-order valence-electron chi connectivity index (χ2n) is 6.93. The number of aliphatic imine (C=N–C) groups is 1. The molecule has 0 saturated carbocycles. The summed E-state index contributed by atoms with van der Waals surface area (Å²) in [5, 5.41) is 6.48. The van der Waals surface area contributed by atoms with Gasteiger partial charge in [0.05, 0.1) is 4.90 Å². The molecule has 0 saturated heterocycles. The number of halogens is 1. The van der Waals surface area contributed by atoms with E-state index in [4.69, 9.17) is 4.74 Å². The van der Waals surface area contributed by atoms with Crippen molar-refractivity contribution in [2.24, 2.45) is 4.99 Å². The maximum absolute atomic E-state index is 12.5. The minimum atomic E-state index is -3.45. The molecule has 2 N–H and O–H groups in total. The largest absolute Gasteiger partial charge is 0.381 e. The van der Waals surface area contributed by atoms with Gasteiger partial charge in [0.2, 0.25) is 10.0 Å². The predicted molar refractivity (Wildman–Crippen MR) is 130 cm³/mol. The molecular formula is C20H37IN4O3S. The standard InChI is InChI=1S/C20H36N4O3S.HI/c1-6-7-14-27-15-8-13-22-20(21-4)23-16-18-9-11-19(12-10-18)28(25,26)24(5)17(2)3;/h9-12,17H,6-8,13-16H2,1-5H3,(H2,21,22,23);1H. The maximum Gasteiger partial charge on any atom is 0.243 e. The van der Waals surface area contributed by atoms with Gasteiger partial charge in [-0.15, -0.1) is 24.0 Å². The quantitative estimate of drug-likeness (QED) is 0.184. The number of benzene rings is 1.